The smallest absolute Gasteiger partial charge is 0.0362 e. The number of benzene rings is 8. The summed E-state index contributed by atoms with van der Waals surface area (Å²) in [7, 11) is 0. The molecule has 0 bridgehead atoms. The van der Waals surface area contributed by atoms with Crippen molar-refractivity contribution in [3.05, 3.63) is 97.1 Å². The molecule has 2 heteroatoms. The molecule has 164 valence electrons. The quantitative estimate of drug-likeness (QED) is 0.147. The molecule has 0 saturated carbocycles. The van der Waals surface area contributed by atoms with Crippen molar-refractivity contribution in [2.45, 2.75) is 0 Å². The fourth-order valence-corrected chi connectivity index (χ4v) is 9.25. The van der Waals surface area contributed by atoms with E-state index in [2.05, 4.69) is 97.1 Å². The minimum absolute atomic E-state index is 1.31. The molecule has 0 saturated heterocycles. The van der Waals surface area contributed by atoms with E-state index in [9.17, 15) is 0 Å². The van der Waals surface area contributed by atoms with Crippen molar-refractivity contribution in [2.24, 2.45) is 0 Å². The molecule has 10 rings (SSSR count). The lowest BCUT2D eigenvalue weighted by Crippen LogP contribution is -1.93. The zero-order valence-corrected chi connectivity index (χ0v) is 20.7. The van der Waals surface area contributed by atoms with Crippen LogP contribution in [0.25, 0.3) is 94.2 Å². The van der Waals surface area contributed by atoms with Crippen LogP contribution in [-0.2, 0) is 0 Å². The minimum Gasteiger partial charge on any atom is -0.135 e. The van der Waals surface area contributed by atoms with Crippen LogP contribution >= 0.6 is 22.7 Å². The summed E-state index contributed by atoms with van der Waals surface area (Å²) in [5, 5.41) is 19.6. The van der Waals surface area contributed by atoms with Gasteiger partial charge in [0, 0.05) is 51.1 Å². The number of hydrogen-bond donors (Lipinski definition) is 0. The second-order valence-electron chi connectivity index (χ2n) is 10.00. The van der Waals surface area contributed by atoms with Crippen LogP contribution in [0.5, 0.6) is 0 Å². The first kappa shape index (κ1) is 18.3. The van der Waals surface area contributed by atoms with E-state index in [1.54, 1.807) is 0 Å². The van der Waals surface area contributed by atoms with Gasteiger partial charge in [-0.3, -0.25) is 0 Å². The Kier molecular flexibility index (Phi) is 3.07. The first-order valence-corrected chi connectivity index (χ1v) is 14.0. The monoisotopic (exact) mass is 488 g/mol. The first-order chi connectivity index (χ1) is 17.9. The van der Waals surface area contributed by atoms with Gasteiger partial charge in [-0.2, -0.15) is 0 Å². The van der Waals surface area contributed by atoms with E-state index < -0.39 is 0 Å². The third kappa shape index (κ3) is 1.94. The SMILES string of the molecule is c1ccc2c(c1)ccc1sc3ccc4sc5ccc6cccc7c8cccc9c8c(c5c67)c4c3c9c12. The van der Waals surface area contributed by atoms with Crippen LogP contribution in [0, 0.1) is 0 Å². The van der Waals surface area contributed by atoms with Gasteiger partial charge >= 0.3 is 0 Å². The Morgan fingerprint density at radius 2 is 0.806 bits per heavy atom. The zero-order chi connectivity index (χ0) is 23.1. The minimum atomic E-state index is 1.31. The van der Waals surface area contributed by atoms with Gasteiger partial charge in [-0.05, 0) is 67.4 Å². The molecule has 0 amide bonds. The van der Waals surface area contributed by atoms with Crippen molar-refractivity contribution in [3.63, 3.8) is 0 Å². The summed E-state index contributed by atoms with van der Waals surface area (Å²) in [6, 6.07) is 36.7. The largest absolute Gasteiger partial charge is 0.135 e. The molecule has 0 N–H and O–H groups in total. The third-order valence-corrected chi connectivity index (χ3v) is 10.6. The molecule has 0 atom stereocenters. The van der Waals surface area contributed by atoms with Gasteiger partial charge in [0.15, 0.2) is 0 Å². The van der Waals surface area contributed by atoms with E-state index in [0.29, 0.717) is 0 Å². The van der Waals surface area contributed by atoms with Crippen molar-refractivity contribution >= 4 is 117 Å². The number of fused-ring (bicyclic) bond motifs is 6. The molecule has 0 nitrogen and oxygen atoms in total. The molecule has 2 aromatic heterocycles. The van der Waals surface area contributed by atoms with Gasteiger partial charge in [0.2, 0.25) is 0 Å². The van der Waals surface area contributed by atoms with Crippen LogP contribution in [0.1, 0.15) is 0 Å². The molecule has 0 unspecified atom stereocenters. The van der Waals surface area contributed by atoms with Crippen molar-refractivity contribution < 1.29 is 0 Å². The van der Waals surface area contributed by atoms with Crippen LogP contribution in [0.15, 0.2) is 97.1 Å². The standard InChI is InChI=1S/C34H16S2/c1-2-7-19-17(5-1)11-13-23-29(19)30-22-10-4-9-21-20-8-3-6-18-12-14-24-31(27(18)20)34(28(21)22)33-26(36-24)16-15-25(35-23)32(30)33/h1-16H. The zero-order valence-electron chi connectivity index (χ0n) is 19.1. The maximum Gasteiger partial charge on any atom is 0.0362 e. The highest BCUT2D eigenvalue weighted by molar-refractivity contribution is 7.27. The summed E-state index contributed by atoms with van der Waals surface area (Å²) < 4.78 is 5.51. The summed E-state index contributed by atoms with van der Waals surface area (Å²) in [6.07, 6.45) is 0. The first-order valence-electron chi connectivity index (χ1n) is 12.4. The Bertz CT molecular complexity index is 2500. The maximum absolute atomic E-state index is 2.37. The second-order valence-corrected chi connectivity index (χ2v) is 12.2. The maximum atomic E-state index is 2.37. The van der Waals surface area contributed by atoms with Gasteiger partial charge in [-0.15, -0.1) is 22.7 Å². The topological polar surface area (TPSA) is 0 Å². The molecule has 0 fully saturated rings. The normalized spacial score (nSPS) is 13.0. The van der Waals surface area contributed by atoms with Gasteiger partial charge in [-0.25, -0.2) is 0 Å². The van der Waals surface area contributed by atoms with Crippen LogP contribution in [0.2, 0.25) is 0 Å². The highest BCUT2D eigenvalue weighted by Crippen LogP contribution is 2.54. The Morgan fingerprint density at radius 1 is 0.278 bits per heavy atom. The van der Waals surface area contributed by atoms with E-state index >= 15 is 0 Å². The molecule has 0 radical (unpaired) electrons. The van der Waals surface area contributed by atoms with E-state index in [4.69, 9.17) is 0 Å². The average Bonchev–Trinajstić information content (AvgIpc) is 2.94. The van der Waals surface area contributed by atoms with Crippen molar-refractivity contribution in [1.29, 1.82) is 0 Å². The van der Waals surface area contributed by atoms with Crippen LogP contribution < -0.4 is 0 Å². The van der Waals surface area contributed by atoms with Gasteiger partial charge < -0.3 is 0 Å². The molecule has 0 spiro atoms. The Hall–Kier alpha value is -3.98. The van der Waals surface area contributed by atoms with E-state index in [0.717, 1.165) is 0 Å². The average molecular weight is 489 g/mol. The molecule has 0 aliphatic carbocycles. The van der Waals surface area contributed by atoms with Crippen LogP contribution in [0.4, 0.5) is 0 Å². The van der Waals surface area contributed by atoms with Gasteiger partial charge in [0.25, 0.3) is 0 Å². The van der Waals surface area contributed by atoms with E-state index in [-0.39, 0.29) is 0 Å². The second kappa shape index (κ2) is 6.04. The molecule has 10 aromatic rings. The number of hydrogen-bond acceptors (Lipinski definition) is 2. The van der Waals surface area contributed by atoms with Crippen molar-refractivity contribution in [1.82, 2.24) is 0 Å². The van der Waals surface area contributed by atoms with E-state index in [1.807, 2.05) is 22.7 Å². The lowest BCUT2D eigenvalue weighted by molar-refractivity contribution is 1.81. The predicted molar refractivity (Wildman–Crippen MR) is 162 cm³/mol. The fraction of sp³-hybridized carbons (Fsp3) is 0. The van der Waals surface area contributed by atoms with Crippen LogP contribution in [-0.4, -0.2) is 0 Å². The lowest BCUT2D eigenvalue weighted by Gasteiger charge is -2.22. The summed E-state index contributed by atoms with van der Waals surface area (Å²) >= 11 is 3.89. The molecule has 2 heterocycles. The third-order valence-electron chi connectivity index (χ3n) is 8.34. The highest BCUT2D eigenvalue weighted by Gasteiger charge is 2.24. The van der Waals surface area contributed by atoms with Gasteiger partial charge in [0.1, 0.15) is 0 Å². The summed E-state index contributed by atoms with van der Waals surface area (Å²) in [6.45, 7) is 0. The Balaban J connectivity index is 1.70. The molecule has 36 heavy (non-hydrogen) atoms. The molecule has 8 aromatic carbocycles. The molecular weight excluding hydrogens is 473 g/mol. The van der Waals surface area contributed by atoms with Crippen molar-refractivity contribution in [3.8, 4) is 0 Å². The molecule has 0 aliphatic rings. The summed E-state index contributed by atoms with van der Waals surface area (Å²) in [5.41, 5.74) is 0. The van der Waals surface area contributed by atoms with Gasteiger partial charge in [-0.1, -0.05) is 72.8 Å². The highest BCUT2D eigenvalue weighted by atomic mass is 32.1. The Morgan fingerprint density at radius 3 is 1.64 bits per heavy atom. The van der Waals surface area contributed by atoms with Crippen molar-refractivity contribution in [2.75, 3.05) is 0 Å². The Labute approximate surface area is 213 Å². The van der Waals surface area contributed by atoms with Gasteiger partial charge in [0.05, 0.1) is 0 Å². The predicted octanol–water partition coefficient (Wildman–Crippen LogP) is 11.1. The number of rotatable bonds is 0. The summed E-state index contributed by atoms with van der Waals surface area (Å²) in [4.78, 5) is 0. The molecule has 0 aliphatic heterocycles. The lowest BCUT2D eigenvalue weighted by atomic mass is 9.84. The van der Waals surface area contributed by atoms with E-state index in [1.165, 1.54) is 94.2 Å². The summed E-state index contributed by atoms with van der Waals surface area (Å²) in [5.74, 6) is 0. The molecular formula is C34H16S2. The fourth-order valence-electron chi connectivity index (χ4n) is 7.00. The van der Waals surface area contributed by atoms with Crippen LogP contribution in [0.3, 0.4) is 0 Å².